The van der Waals surface area contributed by atoms with E-state index in [0.29, 0.717) is 5.02 Å². The van der Waals surface area contributed by atoms with Crippen molar-refractivity contribution in [2.45, 2.75) is 6.42 Å². The number of hydrogen-bond acceptors (Lipinski definition) is 2. The van der Waals surface area contributed by atoms with Gasteiger partial charge < -0.3 is 10.4 Å². The van der Waals surface area contributed by atoms with Gasteiger partial charge in [0, 0.05) is 0 Å². The van der Waals surface area contributed by atoms with Gasteiger partial charge in [0.05, 0.1) is 5.02 Å². The molecule has 0 aliphatic heterocycles. The van der Waals surface area contributed by atoms with Gasteiger partial charge in [0.2, 0.25) is 0 Å². The molecule has 1 aromatic rings. The lowest BCUT2D eigenvalue weighted by Crippen LogP contribution is -2.10. The topological polar surface area (TPSA) is 32.3 Å². The molecule has 2 N–H and O–H groups in total. The highest BCUT2D eigenvalue weighted by Crippen LogP contribution is 2.26. The largest absolute Gasteiger partial charge is 0.506 e. The number of phenolic OH excluding ortho intramolecular Hbond substituents is 1. The second kappa shape index (κ2) is 4.33. The maximum atomic E-state index is 9.46. The molecule has 3 heteroatoms. The van der Waals surface area contributed by atoms with Crippen LogP contribution in [0.3, 0.4) is 0 Å². The van der Waals surface area contributed by atoms with Crippen LogP contribution in [0.2, 0.25) is 5.02 Å². The lowest BCUT2D eigenvalue weighted by molar-refractivity contribution is 0.467. The Kier molecular flexibility index (Phi) is 3.38. The van der Waals surface area contributed by atoms with Gasteiger partial charge in [0.25, 0.3) is 0 Å². The van der Waals surface area contributed by atoms with Crippen molar-refractivity contribution in [3.05, 3.63) is 28.8 Å². The van der Waals surface area contributed by atoms with Crippen molar-refractivity contribution in [3.63, 3.8) is 0 Å². The van der Waals surface area contributed by atoms with Gasteiger partial charge in [0.15, 0.2) is 0 Å². The van der Waals surface area contributed by atoms with Crippen LogP contribution in [0.1, 0.15) is 5.56 Å². The second-order valence-electron chi connectivity index (χ2n) is 2.60. The molecule has 0 heterocycles. The highest BCUT2D eigenvalue weighted by atomic mass is 35.5. The minimum Gasteiger partial charge on any atom is -0.506 e. The van der Waals surface area contributed by atoms with Gasteiger partial charge in [0.1, 0.15) is 5.75 Å². The Labute approximate surface area is 77.2 Å². The van der Waals surface area contributed by atoms with E-state index in [2.05, 4.69) is 5.32 Å². The van der Waals surface area contributed by atoms with Crippen LogP contribution < -0.4 is 5.32 Å². The quantitative estimate of drug-likeness (QED) is 0.753. The smallest absolute Gasteiger partial charge is 0.137 e. The van der Waals surface area contributed by atoms with Crippen molar-refractivity contribution in [3.8, 4) is 5.75 Å². The lowest BCUT2D eigenvalue weighted by Gasteiger charge is -2.04. The molecule has 0 saturated carbocycles. The SMILES string of the molecule is CNCCc1cccc(Cl)c1O. The Morgan fingerprint density at radius 3 is 2.92 bits per heavy atom. The summed E-state index contributed by atoms with van der Waals surface area (Å²) in [6.45, 7) is 0.841. The van der Waals surface area contributed by atoms with Gasteiger partial charge in [-0.15, -0.1) is 0 Å². The van der Waals surface area contributed by atoms with Crippen LogP contribution in [-0.4, -0.2) is 18.7 Å². The molecule has 0 spiro atoms. The van der Waals surface area contributed by atoms with Gasteiger partial charge in [-0.2, -0.15) is 0 Å². The highest BCUT2D eigenvalue weighted by Gasteiger charge is 2.03. The van der Waals surface area contributed by atoms with E-state index in [0.717, 1.165) is 18.5 Å². The molecule has 0 atom stereocenters. The van der Waals surface area contributed by atoms with Gasteiger partial charge >= 0.3 is 0 Å². The summed E-state index contributed by atoms with van der Waals surface area (Å²) in [5, 5.41) is 12.9. The Hall–Kier alpha value is -0.730. The molecule has 0 aromatic heterocycles. The molecule has 1 aromatic carbocycles. The number of hydrogen-bond donors (Lipinski definition) is 2. The minimum absolute atomic E-state index is 0.203. The van der Waals surface area contributed by atoms with E-state index >= 15 is 0 Å². The number of halogens is 1. The van der Waals surface area contributed by atoms with E-state index in [1.54, 1.807) is 6.07 Å². The van der Waals surface area contributed by atoms with Crippen molar-refractivity contribution >= 4 is 11.6 Å². The number of nitrogens with one attached hydrogen (secondary N) is 1. The van der Waals surface area contributed by atoms with E-state index in [-0.39, 0.29) is 5.75 Å². The third-order valence-electron chi connectivity index (χ3n) is 1.71. The predicted octanol–water partition coefficient (Wildman–Crippen LogP) is 1.81. The summed E-state index contributed by atoms with van der Waals surface area (Å²) in [6, 6.07) is 5.39. The van der Waals surface area contributed by atoms with Gasteiger partial charge in [-0.05, 0) is 31.6 Å². The third-order valence-corrected chi connectivity index (χ3v) is 2.02. The molecule has 0 aliphatic carbocycles. The lowest BCUT2D eigenvalue weighted by atomic mass is 10.1. The molecule has 66 valence electrons. The Bertz CT molecular complexity index is 263. The van der Waals surface area contributed by atoms with Crippen molar-refractivity contribution in [1.29, 1.82) is 0 Å². The summed E-state index contributed by atoms with van der Waals surface area (Å²) in [6.07, 6.45) is 0.795. The van der Waals surface area contributed by atoms with Crippen molar-refractivity contribution in [2.24, 2.45) is 0 Å². The molecule has 0 aliphatic rings. The first-order valence-corrected chi connectivity index (χ1v) is 4.24. The fourth-order valence-electron chi connectivity index (χ4n) is 1.02. The molecule has 0 amide bonds. The van der Waals surface area contributed by atoms with Crippen molar-refractivity contribution in [1.82, 2.24) is 5.32 Å². The van der Waals surface area contributed by atoms with Gasteiger partial charge in [-0.3, -0.25) is 0 Å². The molecule has 12 heavy (non-hydrogen) atoms. The van der Waals surface area contributed by atoms with Crippen molar-refractivity contribution in [2.75, 3.05) is 13.6 Å². The Morgan fingerprint density at radius 2 is 2.25 bits per heavy atom. The van der Waals surface area contributed by atoms with Gasteiger partial charge in [-0.25, -0.2) is 0 Å². The number of benzene rings is 1. The van der Waals surface area contributed by atoms with Crippen LogP contribution in [-0.2, 0) is 6.42 Å². The fourth-order valence-corrected chi connectivity index (χ4v) is 1.22. The zero-order valence-corrected chi connectivity index (χ0v) is 7.73. The standard InChI is InChI=1S/C9H12ClNO/c1-11-6-5-7-3-2-4-8(10)9(7)12/h2-4,11-12H,5-6H2,1H3. The first-order chi connectivity index (χ1) is 5.75. The molecule has 0 fully saturated rings. The zero-order chi connectivity index (χ0) is 8.97. The first-order valence-electron chi connectivity index (χ1n) is 3.86. The maximum absolute atomic E-state index is 9.46. The normalized spacial score (nSPS) is 10.2. The van der Waals surface area contributed by atoms with Crippen LogP contribution in [0.5, 0.6) is 5.75 Å². The van der Waals surface area contributed by atoms with E-state index in [1.807, 2.05) is 19.2 Å². The summed E-state index contributed by atoms with van der Waals surface area (Å²) in [7, 11) is 1.88. The molecular weight excluding hydrogens is 174 g/mol. The molecule has 2 nitrogen and oxygen atoms in total. The average molecular weight is 186 g/mol. The van der Waals surface area contributed by atoms with E-state index in [9.17, 15) is 5.11 Å². The summed E-state index contributed by atoms with van der Waals surface area (Å²) in [5.74, 6) is 0.203. The maximum Gasteiger partial charge on any atom is 0.137 e. The van der Waals surface area contributed by atoms with Crippen LogP contribution in [0, 0.1) is 0 Å². The molecular formula is C9H12ClNO. The molecule has 0 bridgehead atoms. The summed E-state index contributed by atoms with van der Waals surface area (Å²) in [4.78, 5) is 0. The summed E-state index contributed by atoms with van der Waals surface area (Å²) in [5.41, 5.74) is 0.886. The fraction of sp³-hybridized carbons (Fsp3) is 0.333. The average Bonchev–Trinajstić information content (AvgIpc) is 2.08. The predicted molar refractivity (Wildman–Crippen MR) is 50.7 cm³/mol. The van der Waals surface area contributed by atoms with Crippen molar-refractivity contribution < 1.29 is 5.11 Å². The molecule has 0 radical (unpaired) electrons. The number of aromatic hydroxyl groups is 1. The second-order valence-corrected chi connectivity index (χ2v) is 3.01. The zero-order valence-electron chi connectivity index (χ0n) is 6.97. The highest BCUT2D eigenvalue weighted by molar-refractivity contribution is 6.32. The van der Waals surface area contributed by atoms with Crippen LogP contribution >= 0.6 is 11.6 Å². The minimum atomic E-state index is 0.203. The third kappa shape index (κ3) is 2.13. The van der Waals surface area contributed by atoms with Crippen LogP contribution in [0.25, 0.3) is 0 Å². The van der Waals surface area contributed by atoms with Gasteiger partial charge in [-0.1, -0.05) is 23.7 Å². The number of para-hydroxylation sites is 1. The Morgan fingerprint density at radius 1 is 1.50 bits per heavy atom. The number of likely N-dealkylation sites (N-methyl/N-ethyl adjacent to an activating group) is 1. The first kappa shape index (κ1) is 9.36. The number of rotatable bonds is 3. The van der Waals surface area contributed by atoms with E-state index in [4.69, 9.17) is 11.6 Å². The Balaban J connectivity index is 2.78. The summed E-state index contributed by atoms with van der Waals surface area (Å²) >= 11 is 5.72. The molecule has 1 rings (SSSR count). The monoisotopic (exact) mass is 185 g/mol. The molecule has 0 saturated heterocycles. The van der Waals surface area contributed by atoms with E-state index in [1.165, 1.54) is 0 Å². The summed E-state index contributed by atoms with van der Waals surface area (Å²) < 4.78 is 0. The van der Waals surface area contributed by atoms with E-state index < -0.39 is 0 Å². The van der Waals surface area contributed by atoms with Crippen LogP contribution in [0.15, 0.2) is 18.2 Å². The number of phenols is 1. The van der Waals surface area contributed by atoms with Crippen LogP contribution in [0.4, 0.5) is 0 Å². The molecule has 0 unspecified atom stereocenters.